The van der Waals surface area contributed by atoms with Crippen molar-refractivity contribution in [1.29, 1.82) is 0 Å². The summed E-state index contributed by atoms with van der Waals surface area (Å²) in [5.41, 5.74) is 1.50. The lowest BCUT2D eigenvalue weighted by molar-refractivity contribution is -0.120. The van der Waals surface area contributed by atoms with Crippen LogP contribution in [0.2, 0.25) is 5.02 Å². The molecule has 28 heavy (non-hydrogen) atoms. The standard InChI is InChI=1S/C21H19ClFN3O2/c1-24-10-12-25(13-11-24)19-18(14-6-8-15(23)9-7-14)20(27)26(21(19)28)17-5-3-2-4-16(17)22/h2-9H,10-13H2,1H3. The quantitative estimate of drug-likeness (QED) is 0.744. The fourth-order valence-corrected chi connectivity index (χ4v) is 3.79. The van der Waals surface area contributed by atoms with Crippen molar-refractivity contribution >= 4 is 34.7 Å². The summed E-state index contributed by atoms with van der Waals surface area (Å²) in [6, 6.07) is 12.4. The summed E-state index contributed by atoms with van der Waals surface area (Å²) in [7, 11) is 2.02. The Morgan fingerprint density at radius 1 is 0.893 bits per heavy atom. The number of nitrogens with zero attached hydrogens (tertiary/aromatic N) is 3. The topological polar surface area (TPSA) is 43.9 Å². The zero-order valence-corrected chi connectivity index (χ0v) is 16.1. The number of amides is 2. The molecule has 0 unspecified atom stereocenters. The van der Waals surface area contributed by atoms with Crippen molar-refractivity contribution in [1.82, 2.24) is 9.80 Å². The van der Waals surface area contributed by atoms with E-state index in [-0.39, 0.29) is 5.57 Å². The molecule has 1 saturated heterocycles. The minimum Gasteiger partial charge on any atom is -0.364 e. The summed E-state index contributed by atoms with van der Waals surface area (Å²) in [6.07, 6.45) is 0. The average molecular weight is 400 g/mol. The summed E-state index contributed by atoms with van der Waals surface area (Å²) >= 11 is 6.27. The Labute approximate surface area is 167 Å². The van der Waals surface area contributed by atoms with E-state index in [9.17, 15) is 14.0 Å². The summed E-state index contributed by atoms with van der Waals surface area (Å²) in [4.78, 5) is 31.9. The largest absolute Gasteiger partial charge is 0.364 e. The molecule has 2 amide bonds. The van der Waals surface area contributed by atoms with E-state index in [4.69, 9.17) is 11.6 Å². The minimum atomic E-state index is -0.446. The Hall–Kier alpha value is -2.70. The lowest BCUT2D eigenvalue weighted by Crippen LogP contribution is -2.46. The van der Waals surface area contributed by atoms with Crippen molar-refractivity contribution in [2.75, 3.05) is 38.1 Å². The maximum atomic E-state index is 13.4. The number of imide groups is 1. The lowest BCUT2D eigenvalue weighted by atomic mass is 10.0. The molecule has 2 aliphatic heterocycles. The number of rotatable bonds is 3. The molecule has 144 valence electrons. The van der Waals surface area contributed by atoms with Crippen LogP contribution >= 0.6 is 11.6 Å². The highest BCUT2D eigenvalue weighted by Gasteiger charge is 2.43. The van der Waals surface area contributed by atoms with E-state index in [0.29, 0.717) is 35.1 Å². The Morgan fingerprint density at radius 3 is 2.18 bits per heavy atom. The average Bonchev–Trinajstić information content (AvgIpc) is 2.94. The van der Waals surface area contributed by atoms with E-state index in [1.165, 1.54) is 24.3 Å². The minimum absolute atomic E-state index is 0.287. The van der Waals surface area contributed by atoms with Crippen LogP contribution in [0.4, 0.5) is 10.1 Å². The summed E-state index contributed by atoms with van der Waals surface area (Å²) < 4.78 is 13.4. The molecule has 0 saturated carbocycles. The second-order valence-corrected chi connectivity index (χ2v) is 7.33. The molecule has 0 aliphatic carbocycles. The molecule has 2 aromatic carbocycles. The first-order valence-corrected chi connectivity index (χ1v) is 9.42. The molecule has 2 heterocycles. The second-order valence-electron chi connectivity index (χ2n) is 6.92. The number of benzene rings is 2. The first kappa shape index (κ1) is 18.7. The number of piperazine rings is 1. The van der Waals surface area contributed by atoms with E-state index in [2.05, 4.69) is 4.90 Å². The molecular formula is C21H19ClFN3O2. The number of para-hydroxylation sites is 1. The van der Waals surface area contributed by atoms with Crippen molar-refractivity contribution in [2.45, 2.75) is 0 Å². The summed E-state index contributed by atoms with van der Waals surface area (Å²) in [5.74, 6) is -1.24. The molecule has 7 heteroatoms. The number of likely N-dealkylation sites (N-methyl/N-ethyl adjacent to an activating group) is 1. The van der Waals surface area contributed by atoms with Crippen LogP contribution in [0, 0.1) is 5.82 Å². The molecule has 0 atom stereocenters. The van der Waals surface area contributed by atoms with Crippen molar-refractivity contribution in [3.8, 4) is 0 Å². The molecular weight excluding hydrogens is 381 g/mol. The van der Waals surface area contributed by atoms with E-state index >= 15 is 0 Å². The third kappa shape index (κ3) is 3.19. The molecule has 1 fully saturated rings. The third-order valence-corrected chi connectivity index (χ3v) is 5.42. The normalized spacial score (nSPS) is 18.4. The first-order valence-electron chi connectivity index (χ1n) is 9.04. The van der Waals surface area contributed by atoms with Gasteiger partial charge in [0.15, 0.2) is 0 Å². The van der Waals surface area contributed by atoms with Crippen LogP contribution < -0.4 is 4.90 Å². The highest BCUT2D eigenvalue weighted by molar-refractivity contribution is 6.47. The van der Waals surface area contributed by atoms with Gasteiger partial charge in [-0.1, -0.05) is 35.9 Å². The predicted molar refractivity (Wildman–Crippen MR) is 106 cm³/mol. The molecule has 4 rings (SSSR count). The smallest absolute Gasteiger partial charge is 0.282 e. The van der Waals surface area contributed by atoms with Gasteiger partial charge in [-0.2, -0.15) is 0 Å². The number of anilines is 1. The van der Waals surface area contributed by atoms with Crippen LogP contribution in [-0.4, -0.2) is 54.8 Å². The molecule has 2 aliphatic rings. The monoisotopic (exact) mass is 399 g/mol. The van der Waals surface area contributed by atoms with Crippen molar-refractivity contribution in [3.63, 3.8) is 0 Å². The predicted octanol–water partition coefficient (Wildman–Crippen LogP) is 3.01. The zero-order valence-electron chi connectivity index (χ0n) is 15.4. The van der Waals surface area contributed by atoms with Gasteiger partial charge in [-0.15, -0.1) is 0 Å². The zero-order chi connectivity index (χ0) is 19.8. The van der Waals surface area contributed by atoms with Crippen molar-refractivity contribution in [3.05, 3.63) is 70.6 Å². The SMILES string of the molecule is CN1CCN(C2=C(c3ccc(F)cc3)C(=O)N(c3ccccc3Cl)C2=O)CC1. The van der Waals surface area contributed by atoms with Gasteiger partial charge in [-0.3, -0.25) is 9.59 Å². The molecule has 0 aromatic heterocycles. The Kier molecular flexibility index (Phi) is 4.91. The Bertz CT molecular complexity index is 966. The van der Waals surface area contributed by atoms with Crippen LogP contribution in [0.5, 0.6) is 0 Å². The fourth-order valence-electron chi connectivity index (χ4n) is 3.57. The summed E-state index contributed by atoms with van der Waals surface area (Å²) in [6.45, 7) is 2.83. The maximum Gasteiger partial charge on any atom is 0.282 e. The van der Waals surface area contributed by atoms with Crippen LogP contribution in [0.15, 0.2) is 54.2 Å². The van der Waals surface area contributed by atoms with Gasteiger partial charge in [0.2, 0.25) is 0 Å². The van der Waals surface area contributed by atoms with Crippen LogP contribution in [0.1, 0.15) is 5.56 Å². The molecule has 2 aromatic rings. The van der Waals surface area contributed by atoms with Crippen LogP contribution in [0.3, 0.4) is 0 Å². The van der Waals surface area contributed by atoms with Crippen molar-refractivity contribution < 1.29 is 14.0 Å². The van der Waals surface area contributed by atoms with Crippen LogP contribution in [-0.2, 0) is 9.59 Å². The van der Waals surface area contributed by atoms with Gasteiger partial charge in [0, 0.05) is 26.2 Å². The molecule has 0 radical (unpaired) electrons. The van der Waals surface area contributed by atoms with Gasteiger partial charge in [0.25, 0.3) is 11.8 Å². The molecule has 0 spiro atoms. The highest BCUT2D eigenvalue weighted by Crippen LogP contribution is 2.37. The van der Waals surface area contributed by atoms with Crippen molar-refractivity contribution in [2.24, 2.45) is 0 Å². The summed E-state index contributed by atoms with van der Waals surface area (Å²) in [5, 5.41) is 0.322. The third-order valence-electron chi connectivity index (χ3n) is 5.11. The second kappa shape index (κ2) is 7.37. The first-order chi connectivity index (χ1) is 13.5. The van der Waals surface area contributed by atoms with Crippen LogP contribution in [0.25, 0.3) is 5.57 Å². The number of halogens is 2. The number of carbonyl (C=O) groups excluding carboxylic acids is 2. The van der Waals surface area contributed by atoms with Gasteiger partial charge in [-0.05, 0) is 36.9 Å². The van der Waals surface area contributed by atoms with E-state index in [0.717, 1.165) is 18.0 Å². The van der Waals surface area contributed by atoms with Gasteiger partial charge in [-0.25, -0.2) is 9.29 Å². The maximum absolute atomic E-state index is 13.4. The van der Waals surface area contributed by atoms with Gasteiger partial charge in [0.05, 0.1) is 16.3 Å². The Balaban J connectivity index is 1.82. The molecule has 0 bridgehead atoms. The Morgan fingerprint density at radius 2 is 1.54 bits per heavy atom. The van der Waals surface area contributed by atoms with E-state index in [1.54, 1.807) is 24.3 Å². The molecule has 0 N–H and O–H groups in total. The van der Waals surface area contributed by atoms with E-state index in [1.807, 2.05) is 11.9 Å². The number of carbonyl (C=O) groups is 2. The lowest BCUT2D eigenvalue weighted by Gasteiger charge is -2.34. The highest BCUT2D eigenvalue weighted by atomic mass is 35.5. The molecule has 5 nitrogen and oxygen atoms in total. The fraction of sp³-hybridized carbons (Fsp3) is 0.238. The van der Waals surface area contributed by atoms with Gasteiger partial charge in [0.1, 0.15) is 11.5 Å². The van der Waals surface area contributed by atoms with E-state index < -0.39 is 17.6 Å². The van der Waals surface area contributed by atoms with Gasteiger partial charge < -0.3 is 9.80 Å². The van der Waals surface area contributed by atoms with Gasteiger partial charge >= 0.3 is 0 Å². The number of hydrogen-bond acceptors (Lipinski definition) is 4. The number of hydrogen-bond donors (Lipinski definition) is 0.